The smallest absolute Gasteiger partial charge is 0.327 e. The average molecular weight is 412 g/mol. The second-order valence-electron chi connectivity index (χ2n) is 6.07. The zero-order valence-corrected chi connectivity index (χ0v) is 16.1. The third-order valence-electron chi connectivity index (χ3n) is 3.72. The molecule has 1 rings (SSSR count). The summed E-state index contributed by atoms with van der Waals surface area (Å²) in [7, 11) is 0. The lowest BCUT2D eigenvalue weighted by molar-refractivity contribution is -0.141. The number of rotatable bonds is 10. The molecule has 1 aromatic rings. The van der Waals surface area contributed by atoms with Gasteiger partial charge in [-0.2, -0.15) is 12.6 Å². The molecule has 3 atom stereocenters. The van der Waals surface area contributed by atoms with Crippen LogP contribution in [-0.4, -0.2) is 64.3 Å². The zero-order chi connectivity index (χ0) is 21.3. The first-order chi connectivity index (χ1) is 13.1. The number of phenolic OH excluding ortho intramolecular Hbond substituents is 1. The van der Waals surface area contributed by atoms with Crippen LogP contribution in [0.1, 0.15) is 12.5 Å². The number of carbonyl (C=O) groups is 4. The molecule has 0 aliphatic rings. The number of nitrogens with one attached hydrogen (secondary N) is 3. The molecule has 0 aliphatic carbocycles. The highest BCUT2D eigenvalue weighted by Crippen LogP contribution is 2.10. The predicted octanol–water partition coefficient (Wildman–Crippen LogP) is -1.62. The van der Waals surface area contributed by atoms with E-state index in [-0.39, 0.29) is 17.9 Å². The molecule has 154 valence electrons. The maximum absolute atomic E-state index is 12.1. The van der Waals surface area contributed by atoms with E-state index in [1.807, 2.05) is 0 Å². The van der Waals surface area contributed by atoms with Crippen molar-refractivity contribution in [3.8, 4) is 5.75 Å². The normalized spacial score (nSPS) is 13.7. The summed E-state index contributed by atoms with van der Waals surface area (Å²) in [6, 6.07) is 3.19. The first kappa shape index (κ1) is 23.2. The van der Waals surface area contributed by atoms with Crippen LogP contribution in [0.15, 0.2) is 24.3 Å². The second kappa shape index (κ2) is 11.1. The third kappa shape index (κ3) is 7.84. The number of aromatic hydroxyl groups is 1. The van der Waals surface area contributed by atoms with E-state index in [1.165, 1.54) is 19.1 Å². The summed E-state index contributed by atoms with van der Waals surface area (Å²) in [4.78, 5) is 46.6. The van der Waals surface area contributed by atoms with Crippen molar-refractivity contribution in [1.29, 1.82) is 0 Å². The summed E-state index contributed by atoms with van der Waals surface area (Å²) in [5.74, 6) is -3.12. The van der Waals surface area contributed by atoms with Crippen LogP contribution in [0.3, 0.4) is 0 Å². The van der Waals surface area contributed by atoms with Crippen LogP contribution in [0, 0.1) is 0 Å². The predicted molar refractivity (Wildman–Crippen MR) is 104 cm³/mol. The minimum Gasteiger partial charge on any atom is -0.508 e. The molecule has 0 radical (unpaired) electrons. The fourth-order valence-electron chi connectivity index (χ4n) is 2.12. The summed E-state index contributed by atoms with van der Waals surface area (Å²) < 4.78 is 0. The minimum atomic E-state index is -1.24. The standard InChI is InChI=1S/C17H24N4O6S/c1-9(15(24)19-7-14(23)21-13(8-28)17(26)27)20-16(25)12(18)6-10-2-4-11(22)5-3-10/h2-5,9,12-13,22,28H,6-8,18H2,1H3,(H,19,24)(H,20,25)(H,21,23)(H,26,27). The van der Waals surface area contributed by atoms with E-state index in [0.717, 1.165) is 5.56 Å². The van der Waals surface area contributed by atoms with Gasteiger partial charge in [-0.05, 0) is 31.0 Å². The van der Waals surface area contributed by atoms with E-state index in [0.29, 0.717) is 0 Å². The number of hydrogen-bond acceptors (Lipinski definition) is 7. The molecule has 0 spiro atoms. The largest absolute Gasteiger partial charge is 0.508 e. The van der Waals surface area contributed by atoms with Crippen LogP contribution in [0.25, 0.3) is 0 Å². The van der Waals surface area contributed by atoms with Crippen LogP contribution in [-0.2, 0) is 25.6 Å². The van der Waals surface area contributed by atoms with Gasteiger partial charge in [0.2, 0.25) is 17.7 Å². The monoisotopic (exact) mass is 412 g/mol. The van der Waals surface area contributed by atoms with Crippen molar-refractivity contribution in [2.75, 3.05) is 12.3 Å². The Morgan fingerprint density at radius 3 is 2.25 bits per heavy atom. The molecule has 28 heavy (non-hydrogen) atoms. The molecule has 0 aliphatic heterocycles. The van der Waals surface area contributed by atoms with Crippen molar-refractivity contribution in [2.24, 2.45) is 5.73 Å². The van der Waals surface area contributed by atoms with Gasteiger partial charge in [0.05, 0.1) is 12.6 Å². The number of nitrogens with two attached hydrogens (primary N) is 1. The summed E-state index contributed by atoms with van der Waals surface area (Å²) in [6.07, 6.45) is 0.211. The maximum Gasteiger partial charge on any atom is 0.327 e. The molecule has 0 saturated carbocycles. The summed E-state index contributed by atoms with van der Waals surface area (Å²) in [6.45, 7) is 0.975. The number of carbonyl (C=O) groups excluding carboxylic acids is 3. The van der Waals surface area contributed by atoms with Crippen LogP contribution < -0.4 is 21.7 Å². The Morgan fingerprint density at radius 1 is 1.11 bits per heavy atom. The van der Waals surface area contributed by atoms with E-state index in [2.05, 4.69) is 28.6 Å². The summed E-state index contributed by atoms with van der Waals surface area (Å²) in [5, 5.41) is 25.0. The fraction of sp³-hybridized carbons (Fsp3) is 0.412. The molecule has 10 nitrogen and oxygen atoms in total. The first-order valence-electron chi connectivity index (χ1n) is 8.38. The van der Waals surface area contributed by atoms with Gasteiger partial charge >= 0.3 is 5.97 Å². The van der Waals surface area contributed by atoms with Crippen molar-refractivity contribution in [2.45, 2.75) is 31.5 Å². The summed E-state index contributed by atoms with van der Waals surface area (Å²) in [5.41, 5.74) is 6.57. The first-order valence-corrected chi connectivity index (χ1v) is 9.01. The van der Waals surface area contributed by atoms with Gasteiger partial charge in [0.25, 0.3) is 0 Å². The average Bonchev–Trinajstić information content (AvgIpc) is 2.65. The number of phenols is 1. The lowest BCUT2D eigenvalue weighted by Gasteiger charge is -2.18. The second-order valence-corrected chi connectivity index (χ2v) is 6.43. The van der Waals surface area contributed by atoms with E-state index in [1.54, 1.807) is 12.1 Å². The number of carboxylic acids is 1. The van der Waals surface area contributed by atoms with Gasteiger partial charge < -0.3 is 31.9 Å². The molecular formula is C17H24N4O6S. The van der Waals surface area contributed by atoms with Crippen molar-refractivity contribution in [1.82, 2.24) is 16.0 Å². The van der Waals surface area contributed by atoms with Gasteiger partial charge in [-0.3, -0.25) is 14.4 Å². The molecule has 3 amide bonds. The Morgan fingerprint density at radius 2 is 1.71 bits per heavy atom. The van der Waals surface area contributed by atoms with Crippen molar-refractivity contribution in [3.05, 3.63) is 29.8 Å². The van der Waals surface area contributed by atoms with E-state index >= 15 is 0 Å². The Hall–Kier alpha value is -2.79. The van der Waals surface area contributed by atoms with Crippen LogP contribution >= 0.6 is 12.6 Å². The Kier molecular flexibility index (Phi) is 9.25. The zero-order valence-electron chi connectivity index (χ0n) is 15.2. The number of hydrogen-bond donors (Lipinski definition) is 7. The third-order valence-corrected chi connectivity index (χ3v) is 4.08. The van der Waals surface area contributed by atoms with Crippen LogP contribution in [0.4, 0.5) is 0 Å². The molecule has 0 aromatic heterocycles. The Labute approximate surface area is 167 Å². The van der Waals surface area contributed by atoms with Gasteiger partial charge in [-0.1, -0.05) is 12.1 Å². The molecule has 1 aromatic carbocycles. The highest BCUT2D eigenvalue weighted by molar-refractivity contribution is 7.80. The summed E-state index contributed by atoms with van der Waals surface area (Å²) >= 11 is 3.81. The lowest BCUT2D eigenvalue weighted by Crippen LogP contribution is -2.52. The van der Waals surface area contributed by atoms with Crippen LogP contribution in [0.2, 0.25) is 0 Å². The lowest BCUT2D eigenvalue weighted by atomic mass is 10.1. The molecule has 0 saturated heterocycles. The molecule has 11 heteroatoms. The van der Waals surface area contributed by atoms with Gasteiger partial charge in [-0.15, -0.1) is 0 Å². The minimum absolute atomic E-state index is 0.0968. The van der Waals surface area contributed by atoms with E-state index in [4.69, 9.17) is 10.8 Å². The van der Waals surface area contributed by atoms with Crippen molar-refractivity contribution >= 4 is 36.3 Å². The fourth-order valence-corrected chi connectivity index (χ4v) is 2.36. The van der Waals surface area contributed by atoms with Gasteiger partial charge in [0, 0.05) is 5.75 Å². The highest BCUT2D eigenvalue weighted by Gasteiger charge is 2.22. The molecular weight excluding hydrogens is 388 g/mol. The Bertz CT molecular complexity index is 712. The SMILES string of the molecule is CC(NC(=O)C(N)Cc1ccc(O)cc1)C(=O)NCC(=O)NC(CS)C(=O)O. The van der Waals surface area contributed by atoms with Crippen LogP contribution in [0.5, 0.6) is 5.75 Å². The van der Waals surface area contributed by atoms with Crippen molar-refractivity contribution in [3.63, 3.8) is 0 Å². The number of carboxylic acid groups (broad SMARTS) is 1. The maximum atomic E-state index is 12.1. The van der Waals surface area contributed by atoms with Gasteiger partial charge in [0.1, 0.15) is 17.8 Å². The molecule has 7 N–H and O–H groups in total. The number of amides is 3. The van der Waals surface area contributed by atoms with Gasteiger partial charge in [-0.25, -0.2) is 4.79 Å². The molecule has 0 heterocycles. The molecule has 0 fully saturated rings. The highest BCUT2D eigenvalue weighted by atomic mass is 32.1. The van der Waals surface area contributed by atoms with Crippen molar-refractivity contribution < 1.29 is 29.4 Å². The number of thiol groups is 1. The molecule has 3 unspecified atom stereocenters. The van der Waals surface area contributed by atoms with E-state index in [9.17, 15) is 24.3 Å². The molecule has 0 bridgehead atoms. The van der Waals surface area contributed by atoms with E-state index < -0.39 is 48.4 Å². The number of aliphatic carboxylic acids is 1. The number of benzene rings is 1. The Balaban J connectivity index is 2.43. The quantitative estimate of drug-likeness (QED) is 0.226. The van der Waals surface area contributed by atoms with Gasteiger partial charge in [0.15, 0.2) is 0 Å². The topological polar surface area (TPSA) is 171 Å².